The largest absolute Gasteiger partial charge is 0.303 e. The van der Waals surface area contributed by atoms with E-state index in [0.717, 1.165) is 47.3 Å². The van der Waals surface area contributed by atoms with Crippen molar-refractivity contribution >= 4 is 6.29 Å². The lowest BCUT2D eigenvalue weighted by atomic mass is 9.62. The lowest BCUT2D eigenvalue weighted by Crippen LogP contribution is -2.39. The van der Waals surface area contributed by atoms with Crippen molar-refractivity contribution in [2.24, 2.45) is 53.3 Å². The highest BCUT2D eigenvalue weighted by atomic mass is 16.1. The van der Waals surface area contributed by atoms with Gasteiger partial charge in [0.25, 0.3) is 0 Å². The number of fused-ring (bicyclic) bond motifs is 9. The van der Waals surface area contributed by atoms with Gasteiger partial charge < -0.3 is 4.79 Å². The van der Waals surface area contributed by atoms with Crippen LogP contribution in [0.4, 0.5) is 0 Å². The van der Waals surface area contributed by atoms with Crippen LogP contribution in [0.25, 0.3) is 0 Å². The van der Waals surface area contributed by atoms with Gasteiger partial charge in [-0.3, -0.25) is 0 Å². The van der Waals surface area contributed by atoms with E-state index < -0.39 is 0 Å². The quantitative estimate of drug-likeness (QED) is 0.488. The summed E-state index contributed by atoms with van der Waals surface area (Å²) in [7, 11) is 0. The molecule has 0 aromatic carbocycles. The lowest BCUT2D eigenvalue weighted by Gasteiger charge is -2.42. The summed E-state index contributed by atoms with van der Waals surface area (Å²) in [6.45, 7) is 4.95. The van der Waals surface area contributed by atoms with Crippen LogP contribution >= 0.6 is 0 Å². The Balaban J connectivity index is 1.70. The molecule has 0 heterocycles. The van der Waals surface area contributed by atoms with Crippen molar-refractivity contribution in [1.29, 1.82) is 0 Å². The summed E-state index contributed by atoms with van der Waals surface area (Å²) in [5.41, 5.74) is 0. The fraction of sp³-hybridized carbons (Fsp3) is 0.933. The van der Waals surface area contributed by atoms with Crippen LogP contribution in [0.2, 0.25) is 0 Å². The second kappa shape index (κ2) is 2.91. The third kappa shape index (κ3) is 0.889. The smallest absolute Gasteiger partial charge is 0.123 e. The normalized spacial score (nSPS) is 66.2. The summed E-state index contributed by atoms with van der Waals surface area (Å²) in [5, 5.41) is 0. The van der Waals surface area contributed by atoms with Crippen LogP contribution in [0.15, 0.2) is 0 Å². The van der Waals surface area contributed by atoms with Gasteiger partial charge in [-0.25, -0.2) is 0 Å². The number of aldehydes is 1. The maximum atomic E-state index is 11.1. The molecular formula is C15H22O. The van der Waals surface area contributed by atoms with Crippen molar-refractivity contribution in [1.82, 2.24) is 0 Å². The van der Waals surface area contributed by atoms with E-state index in [4.69, 9.17) is 0 Å². The van der Waals surface area contributed by atoms with E-state index in [2.05, 4.69) is 13.8 Å². The zero-order chi connectivity index (χ0) is 11.0. The summed E-state index contributed by atoms with van der Waals surface area (Å²) in [6, 6.07) is 0. The predicted molar refractivity (Wildman–Crippen MR) is 62.7 cm³/mol. The van der Waals surface area contributed by atoms with Crippen LogP contribution in [0.1, 0.15) is 33.1 Å². The molecule has 0 saturated heterocycles. The number of hydrogen-bond acceptors (Lipinski definition) is 1. The SMILES string of the molecule is CC1C(C)C2CC1C1C3CC(C=O)C(C3)C21. The molecule has 0 aromatic rings. The Labute approximate surface area is 98.0 Å². The molecule has 16 heavy (non-hydrogen) atoms. The summed E-state index contributed by atoms with van der Waals surface area (Å²) in [4.78, 5) is 11.1. The third-order valence-corrected chi connectivity index (χ3v) is 7.07. The highest BCUT2D eigenvalue weighted by Crippen LogP contribution is 2.71. The molecule has 9 atom stereocenters. The second-order valence-corrected chi connectivity index (χ2v) is 7.13. The first-order chi connectivity index (χ1) is 7.72. The van der Waals surface area contributed by atoms with Crippen molar-refractivity contribution in [2.45, 2.75) is 33.1 Å². The Kier molecular flexibility index (Phi) is 1.76. The van der Waals surface area contributed by atoms with Gasteiger partial charge in [0.05, 0.1) is 0 Å². The highest BCUT2D eigenvalue weighted by molar-refractivity contribution is 5.55. The summed E-state index contributed by atoms with van der Waals surface area (Å²) < 4.78 is 0. The first-order valence-corrected chi connectivity index (χ1v) is 7.17. The number of carbonyl (C=O) groups is 1. The van der Waals surface area contributed by atoms with Crippen LogP contribution in [-0.2, 0) is 4.79 Å². The number of rotatable bonds is 1. The van der Waals surface area contributed by atoms with Gasteiger partial charge in [-0.2, -0.15) is 0 Å². The summed E-state index contributed by atoms with van der Waals surface area (Å²) >= 11 is 0. The highest BCUT2D eigenvalue weighted by Gasteiger charge is 2.65. The first-order valence-electron chi connectivity index (χ1n) is 7.17. The zero-order valence-electron chi connectivity index (χ0n) is 10.3. The van der Waals surface area contributed by atoms with E-state index in [1.54, 1.807) is 0 Å². The predicted octanol–water partition coefficient (Wildman–Crippen LogP) is 3.00. The first kappa shape index (κ1) is 9.67. The average Bonchev–Trinajstić information content (AvgIpc) is 2.98. The topological polar surface area (TPSA) is 17.1 Å². The molecule has 4 bridgehead atoms. The fourth-order valence-electron chi connectivity index (χ4n) is 6.43. The van der Waals surface area contributed by atoms with Crippen molar-refractivity contribution in [3.63, 3.8) is 0 Å². The Bertz CT molecular complexity index is 336. The molecule has 0 radical (unpaired) electrons. The molecule has 4 saturated carbocycles. The molecule has 0 amide bonds. The van der Waals surface area contributed by atoms with Gasteiger partial charge in [0, 0.05) is 5.92 Å². The Morgan fingerprint density at radius 2 is 1.56 bits per heavy atom. The molecular weight excluding hydrogens is 196 g/mol. The van der Waals surface area contributed by atoms with Gasteiger partial charge in [0.1, 0.15) is 6.29 Å². The Hall–Kier alpha value is -0.330. The minimum atomic E-state index is 0.438. The minimum Gasteiger partial charge on any atom is -0.303 e. The Morgan fingerprint density at radius 1 is 0.875 bits per heavy atom. The molecule has 4 aliphatic rings. The molecule has 4 aliphatic carbocycles. The van der Waals surface area contributed by atoms with E-state index in [-0.39, 0.29) is 0 Å². The monoisotopic (exact) mass is 218 g/mol. The average molecular weight is 218 g/mol. The van der Waals surface area contributed by atoms with Gasteiger partial charge in [-0.15, -0.1) is 0 Å². The maximum Gasteiger partial charge on any atom is 0.123 e. The van der Waals surface area contributed by atoms with E-state index in [1.165, 1.54) is 25.5 Å². The van der Waals surface area contributed by atoms with Gasteiger partial charge in [-0.1, -0.05) is 13.8 Å². The molecule has 0 aliphatic heterocycles. The van der Waals surface area contributed by atoms with E-state index in [9.17, 15) is 4.79 Å². The van der Waals surface area contributed by atoms with Crippen molar-refractivity contribution in [3.8, 4) is 0 Å². The standard InChI is InChI=1S/C15H22O/c1-7-8(2)12-5-11(7)14-9-3-10(6-16)13(4-9)15(12)14/h6-15H,3-5H2,1-2H3. The van der Waals surface area contributed by atoms with Gasteiger partial charge >= 0.3 is 0 Å². The minimum absolute atomic E-state index is 0.438. The van der Waals surface area contributed by atoms with Crippen LogP contribution in [0, 0.1) is 53.3 Å². The van der Waals surface area contributed by atoms with E-state index in [0.29, 0.717) is 5.92 Å². The molecule has 1 heteroatoms. The summed E-state index contributed by atoms with van der Waals surface area (Å²) in [6.07, 6.45) is 5.40. The van der Waals surface area contributed by atoms with Crippen LogP contribution in [-0.4, -0.2) is 6.29 Å². The second-order valence-electron chi connectivity index (χ2n) is 7.13. The number of carbonyl (C=O) groups excluding carboxylic acids is 1. The molecule has 0 aromatic heterocycles. The van der Waals surface area contributed by atoms with Gasteiger partial charge in [0.15, 0.2) is 0 Å². The molecule has 1 nitrogen and oxygen atoms in total. The van der Waals surface area contributed by atoms with Crippen molar-refractivity contribution in [3.05, 3.63) is 0 Å². The van der Waals surface area contributed by atoms with Crippen molar-refractivity contribution < 1.29 is 4.79 Å². The molecule has 88 valence electrons. The number of hydrogen-bond donors (Lipinski definition) is 0. The zero-order valence-corrected chi connectivity index (χ0v) is 10.3. The van der Waals surface area contributed by atoms with Crippen LogP contribution in [0.5, 0.6) is 0 Å². The van der Waals surface area contributed by atoms with E-state index in [1.807, 2.05) is 0 Å². The van der Waals surface area contributed by atoms with Crippen LogP contribution < -0.4 is 0 Å². The molecule has 4 fully saturated rings. The third-order valence-electron chi connectivity index (χ3n) is 7.07. The van der Waals surface area contributed by atoms with Gasteiger partial charge in [0.2, 0.25) is 0 Å². The lowest BCUT2D eigenvalue weighted by molar-refractivity contribution is -0.114. The molecule has 0 N–H and O–H groups in total. The summed E-state index contributed by atoms with van der Waals surface area (Å²) in [5.74, 6) is 8.01. The van der Waals surface area contributed by atoms with Crippen LogP contribution in [0.3, 0.4) is 0 Å². The molecule has 9 unspecified atom stereocenters. The fourth-order valence-corrected chi connectivity index (χ4v) is 6.43. The molecule has 0 spiro atoms. The van der Waals surface area contributed by atoms with Crippen molar-refractivity contribution in [2.75, 3.05) is 0 Å². The van der Waals surface area contributed by atoms with Gasteiger partial charge in [-0.05, 0) is 66.6 Å². The molecule has 4 rings (SSSR count). The maximum absolute atomic E-state index is 11.1. The Morgan fingerprint density at radius 3 is 2.25 bits per heavy atom. The van der Waals surface area contributed by atoms with E-state index >= 15 is 0 Å².